The average molecular weight is 342 g/mol. The molecule has 0 heterocycles. The summed E-state index contributed by atoms with van der Waals surface area (Å²) in [4.78, 5) is 11.9. The first-order chi connectivity index (χ1) is 10.8. The lowest BCUT2D eigenvalue weighted by atomic mass is 10.1. The number of nitrogens with one attached hydrogen (secondary N) is 1. The third-order valence-corrected chi connectivity index (χ3v) is 4.70. The quantitative estimate of drug-likeness (QED) is 0.643. The first kappa shape index (κ1) is 19.6. The molecule has 7 heteroatoms. The number of sulfonamides is 1. The zero-order valence-corrected chi connectivity index (χ0v) is 14.9. The van der Waals surface area contributed by atoms with E-state index in [0.29, 0.717) is 32.5 Å². The molecule has 0 spiro atoms. The van der Waals surface area contributed by atoms with Crippen molar-refractivity contribution in [2.75, 3.05) is 39.6 Å². The van der Waals surface area contributed by atoms with Crippen molar-refractivity contribution < 1.29 is 17.9 Å². The molecule has 0 aliphatic heterocycles. The smallest absolute Gasteiger partial charge is 0.224 e. The molecule has 0 bridgehead atoms. The number of benzene rings is 1. The lowest BCUT2D eigenvalue weighted by Gasteiger charge is -2.20. The van der Waals surface area contributed by atoms with Gasteiger partial charge in [-0.1, -0.05) is 29.8 Å². The molecule has 0 unspecified atom stereocenters. The Kier molecular flexibility index (Phi) is 8.22. The van der Waals surface area contributed by atoms with Crippen LogP contribution in [0.4, 0.5) is 0 Å². The van der Waals surface area contributed by atoms with E-state index >= 15 is 0 Å². The minimum absolute atomic E-state index is 0.112. The van der Waals surface area contributed by atoms with Crippen molar-refractivity contribution in [2.45, 2.75) is 19.8 Å². The predicted molar refractivity (Wildman–Crippen MR) is 90.8 cm³/mol. The third kappa shape index (κ3) is 8.11. The van der Waals surface area contributed by atoms with Crippen LogP contribution in [0.1, 0.15) is 17.5 Å². The lowest BCUT2D eigenvalue weighted by molar-refractivity contribution is -0.120. The van der Waals surface area contributed by atoms with Gasteiger partial charge in [-0.3, -0.25) is 4.79 Å². The van der Waals surface area contributed by atoms with Crippen molar-refractivity contribution in [2.24, 2.45) is 0 Å². The second-order valence-electron chi connectivity index (χ2n) is 5.52. The zero-order valence-electron chi connectivity index (χ0n) is 14.0. The Balaban J connectivity index is 2.39. The molecule has 1 amide bonds. The Morgan fingerprint density at radius 3 is 2.43 bits per heavy atom. The fourth-order valence-electron chi connectivity index (χ4n) is 2.10. The number of amides is 1. The monoisotopic (exact) mass is 342 g/mol. The molecule has 6 nitrogen and oxygen atoms in total. The van der Waals surface area contributed by atoms with Crippen LogP contribution in [-0.4, -0.2) is 58.2 Å². The number of aryl methyl sites for hydroxylation is 1. The van der Waals surface area contributed by atoms with Gasteiger partial charge < -0.3 is 10.1 Å². The SMILES string of the molecule is COCCCN(CCNC(=O)Cc1ccc(C)cc1)S(C)(=O)=O. The summed E-state index contributed by atoms with van der Waals surface area (Å²) in [6.07, 6.45) is 2.09. The molecule has 0 aliphatic carbocycles. The predicted octanol–water partition coefficient (Wildman–Crippen LogP) is 0.952. The van der Waals surface area contributed by atoms with Crippen LogP contribution in [0.3, 0.4) is 0 Å². The molecule has 23 heavy (non-hydrogen) atoms. The van der Waals surface area contributed by atoms with E-state index in [4.69, 9.17) is 4.74 Å². The maximum Gasteiger partial charge on any atom is 0.224 e. The molecule has 130 valence electrons. The number of nitrogens with zero attached hydrogens (tertiary/aromatic N) is 1. The van der Waals surface area contributed by atoms with Gasteiger partial charge >= 0.3 is 0 Å². The Morgan fingerprint density at radius 1 is 1.22 bits per heavy atom. The van der Waals surface area contributed by atoms with Crippen molar-refractivity contribution in [3.05, 3.63) is 35.4 Å². The Hall–Kier alpha value is -1.44. The van der Waals surface area contributed by atoms with Gasteiger partial charge in [-0.2, -0.15) is 0 Å². The normalized spacial score (nSPS) is 11.7. The van der Waals surface area contributed by atoms with Crippen LogP contribution in [0, 0.1) is 6.92 Å². The first-order valence-electron chi connectivity index (χ1n) is 7.59. The number of hydrogen-bond donors (Lipinski definition) is 1. The lowest BCUT2D eigenvalue weighted by Crippen LogP contribution is -2.39. The molecule has 0 aromatic heterocycles. The molecule has 0 atom stereocenters. The second kappa shape index (κ2) is 9.64. The molecule has 1 aromatic rings. The third-order valence-electron chi connectivity index (χ3n) is 3.39. The standard InChI is InChI=1S/C16H26N2O4S/c1-14-5-7-15(8-6-14)13-16(19)17-9-11-18(23(3,20)21)10-4-12-22-2/h5-8H,4,9-13H2,1-3H3,(H,17,19). The maximum atomic E-state index is 11.9. The van der Waals surface area contributed by atoms with Crippen LogP contribution in [0.5, 0.6) is 0 Å². The largest absolute Gasteiger partial charge is 0.385 e. The highest BCUT2D eigenvalue weighted by Gasteiger charge is 2.16. The van der Waals surface area contributed by atoms with Crippen LogP contribution in [0.25, 0.3) is 0 Å². The van der Waals surface area contributed by atoms with E-state index in [9.17, 15) is 13.2 Å². The van der Waals surface area contributed by atoms with Crippen LogP contribution in [0.2, 0.25) is 0 Å². The van der Waals surface area contributed by atoms with Gasteiger partial charge in [-0.15, -0.1) is 0 Å². The molecule has 0 saturated carbocycles. The summed E-state index contributed by atoms with van der Waals surface area (Å²) >= 11 is 0. The molecule has 1 rings (SSSR count). The van der Waals surface area contributed by atoms with Gasteiger partial charge in [0.1, 0.15) is 0 Å². The molecular formula is C16H26N2O4S. The average Bonchev–Trinajstić information content (AvgIpc) is 2.47. The van der Waals surface area contributed by atoms with E-state index in [1.165, 1.54) is 10.6 Å². The van der Waals surface area contributed by atoms with Crippen molar-refractivity contribution in [3.63, 3.8) is 0 Å². The molecule has 0 fully saturated rings. The highest BCUT2D eigenvalue weighted by molar-refractivity contribution is 7.88. The van der Waals surface area contributed by atoms with Gasteiger partial charge in [0.2, 0.25) is 15.9 Å². The fraction of sp³-hybridized carbons (Fsp3) is 0.562. The molecule has 0 aliphatic rings. The summed E-state index contributed by atoms with van der Waals surface area (Å²) in [5.74, 6) is -0.112. The molecule has 0 radical (unpaired) electrons. The highest BCUT2D eigenvalue weighted by Crippen LogP contribution is 2.04. The van der Waals surface area contributed by atoms with Crippen LogP contribution >= 0.6 is 0 Å². The van der Waals surface area contributed by atoms with Crippen LogP contribution < -0.4 is 5.32 Å². The van der Waals surface area contributed by atoms with E-state index in [1.807, 2.05) is 31.2 Å². The summed E-state index contributed by atoms with van der Waals surface area (Å²) in [6.45, 7) is 3.45. The minimum atomic E-state index is -3.28. The number of rotatable bonds is 10. The van der Waals surface area contributed by atoms with E-state index < -0.39 is 10.0 Å². The minimum Gasteiger partial charge on any atom is -0.385 e. The molecular weight excluding hydrogens is 316 g/mol. The summed E-state index contributed by atoms with van der Waals surface area (Å²) in [5.41, 5.74) is 2.09. The van der Waals surface area contributed by atoms with Gasteiger partial charge in [0, 0.05) is 33.4 Å². The number of methoxy groups -OCH3 is 1. The second-order valence-corrected chi connectivity index (χ2v) is 7.50. The van der Waals surface area contributed by atoms with Crippen LogP contribution in [-0.2, 0) is 26.0 Å². The first-order valence-corrected chi connectivity index (χ1v) is 9.44. The summed E-state index contributed by atoms with van der Waals surface area (Å²) in [6, 6.07) is 7.76. The van der Waals surface area contributed by atoms with Gasteiger partial charge in [-0.25, -0.2) is 12.7 Å². The fourth-order valence-corrected chi connectivity index (χ4v) is 2.99. The van der Waals surface area contributed by atoms with Crippen molar-refractivity contribution >= 4 is 15.9 Å². The van der Waals surface area contributed by atoms with E-state index in [-0.39, 0.29) is 12.5 Å². The van der Waals surface area contributed by atoms with E-state index in [0.717, 1.165) is 11.1 Å². The molecule has 1 N–H and O–H groups in total. The molecule has 0 saturated heterocycles. The van der Waals surface area contributed by atoms with Gasteiger partial charge in [0.05, 0.1) is 12.7 Å². The highest BCUT2D eigenvalue weighted by atomic mass is 32.2. The summed E-state index contributed by atoms with van der Waals surface area (Å²) < 4.78 is 29.7. The van der Waals surface area contributed by atoms with Crippen molar-refractivity contribution in [1.29, 1.82) is 0 Å². The number of carbonyl (C=O) groups excluding carboxylic acids is 1. The van der Waals surface area contributed by atoms with Gasteiger partial charge in [0.25, 0.3) is 0 Å². The number of ether oxygens (including phenoxy) is 1. The topological polar surface area (TPSA) is 75.7 Å². The van der Waals surface area contributed by atoms with Crippen molar-refractivity contribution in [3.8, 4) is 0 Å². The summed E-state index contributed by atoms with van der Waals surface area (Å²) in [5, 5.41) is 2.76. The summed E-state index contributed by atoms with van der Waals surface area (Å²) in [7, 11) is -1.70. The van der Waals surface area contributed by atoms with E-state index in [2.05, 4.69) is 5.32 Å². The van der Waals surface area contributed by atoms with Crippen LogP contribution in [0.15, 0.2) is 24.3 Å². The van der Waals surface area contributed by atoms with Gasteiger partial charge in [0.15, 0.2) is 0 Å². The Labute approximate surface area is 138 Å². The van der Waals surface area contributed by atoms with Crippen molar-refractivity contribution in [1.82, 2.24) is 9.62 Å². The maximum absolute atomic E-state index is 11.9. The molecule has 1 aromatic carbocycles. The number of carbonyl (C=O) groups is 1. The number of hydrogen-bond acceptors (Lipinski definition) is 4. The Morgan fingerprint density at radius 2 is 1.87 bits per heavy atom. The zero-order chi connectivity index (χ0) is 17.3. The van der Waals surface area contributed by atoms with E-state index in [1.54, 1.807) is 7.11 Å². The Bertz CT molecular complexity index is 585. The van der Waals surface area contributed by atoms with Gasteiger partial charge in [-0.05, 0) is 18.9 Å².